The van der Waals surface area contributed by atoms with Gasteiger partial charge in [0.25, 0.3) is 0 Å². The zero-order valence-corrected chi connectivity index (χ0v) is 15.1. The van der Waals surface area contributed by atoms with E-state index in [4.69, 9.17) is 0 Å². The summed E-state index contributed by atoms with van der Waals surface area (Å²) in [6, 6.07) is 0. The van der Waals surface area contributed by atoms with Gasteiger partial charge < -0.3 is 22.3 Å². The van der Waals surface area contributed by atoms with Gasteiger partial charge in [-0.1, -0.05) is 63.9 Å². The van der Waals surface area contributed by atoms with E-state index in [-0.39, 0.29) is 17.0 Å². The van der Waals surface area contributed by atoms with E-state index in [2.05, 4.69) is 32.2 Å². The van der Waals surface area contributed by atoms with Crippen LogP contribution >= 0.6 is 0 Å². The molecule has 0 aromatic carbocycles. The van der Waals surface area contributed by atoms with Gasteiger partial charge in [-0.05, 0) is 32.8 Å². The van der Waals surface area contributed by atoms with E-state index in [1.807, 2.05) is 0 Å². The molecule has 0 fully saturated rings. The fourth-order valence-electron chi connectivity index (χ4n) is 2.21. The molecule has 0 heterocycles. The third kappa shape index (κ3) is 20.7. The van der Waals surface area contributed by atoms with Crippen molar-refractivity contribution >= 4 is 0 Å². The molecule has 0 saturated heterocycles. The van der Waals surface area contributed by atoms with Gasteiger partial charge in [-0.15, -0.1) is 0 Å². The van der Waals surface area contributed by atoms with Gasteiger partial charge in [0, 0.05) is 0 Å². The molecule has 0 atom stereocenters. The smallest absolute Gasteiger partial charge is 0.0944 e. The molecule has 116 valence electrons. The minimum atomic E-state index is 0. The molecule has 19 heavy (non-hydrogen) atoms. The Bertz CT molecular complexity index is 186. The van der Waals surface area contributed by atoms with Crippen LogP contribution in [-0.4, -0.2) is 13.1 Å². The van der Waals surface area contributed by atoms with Crippen molar-refractivity contribution in [2.24, 2.45) is 0 Å². The van der Waals surface area contributed by atoms with E-state index in [1.54, 1.807) is 0 Å². The summed E-state index contributed by atoms with van der Waals surface area (Å²) in [6.45, 7) is 9.11. The van der Waals surface area contributed by atoms with E-state index in [0.717, 1.165) is 0 Å². The summed E-state index contributed by atoms with van der Waals surface area (Å²) >= 11 is 0. The number of hydrogen-bond donors (Lipinski definition) is 1. The zero-order valence-electron chi connectivity index (χ0n) is 13.5. The summed E-state index contributed by atoms with van der Waals surface area (Å²) in [5.74, 6) is 0. The van der Waals surface area contributed by atoms with Gasteiger partial charge in [0.15, 0.2) is 0 Å². The van der Waals surface area contributed by atoms with E-state index < -0.39 is 0 Å². The van der Waals surface area contributed by atoms with Gasteiger partial charge in [-0.2, -0.15) is 0 Å². The molecule has 0 unspecified atom stereocenters. The highest BCUT2D eigenvalue weighted by Crippen LogP contribution is 2.09. The second-order valence-corrected chi connectivity index (χ2v) is 5.78. The average molecular weight is 334 g/mol. The highest BCUT2D eigenvalue weighted by Gasteiger charge is 1.93. The Morgan fingerprint density at radius 3 is 1.74 bits per heavy atom. The third-order valence-electron chi connectivity index (χ3n) is 3.45. The highest BCUT2D eigenvalue weighted by molar-refractivity contribution is 4.91. The summed E-state index contributed by atoms with van der Waals surface area (Å²) in [6.07, 6.45) is 16.7. The fourth-order valence-corrected chi connectivity index (χ4v) is 2.21. The number of allylic oxidation sites excluding steroid dienone is 1. The van der Waals surface area contributed by atoms with E-state index >= 15 is 0 Å². The SMILES string of the molecule is CCCCCCCCCCCC[NH2+]CC=C(C)C.[Br-]. The summed E-state index contributed by atoms with van der Waals surface area (Å²) < 4.78 is 0. The van der Waals surface area contributed by atoms with Crippen LogP contribution in [0.2, 0.25) is 0 Å². The predicted molar refractivity (Wildman–Crippen MR) is 82.9 cm³/mol. The number of nitrogens with two attached hydrogens (primary N) is 1. The van der Waals surface area contributed by atoms with Crippen LogP contribution in [0.3, 0.4) is 0 Å². The molecule has 2 N–H and O–H groups in total. The number of unbranched alkanes of at least 4 members (excludes halogenated alkanes) is 9. The lowest BCUT2D eigenvalue weighted by Crippen LogP contribution is -3.00. The van der Waals surface area contributed by atoms with Gasteiger partial charge in [0.2, 0.25) is 0 Å². The van der Waals surface area contributed by atoms with Crippen molar-refractivity contribution in [1.29, 1.82) is 0 Å². The topological polar surface area (TPSA) is 16.6 Å². The van der Waals surface area contributed by atoms with Crippen LogP contribution in [0.1, 0.15) is 85.0 Å². The lowest BCUT2D eigenvalue weighted by Gasteiger charge is -2.02. The van der Waals surface area contributed by atoms with Crippen LogP contribution in [0.4, 0.5) is 0 Å². The van der Waals surface area contributed by atoms with Crippen molar-refractivity contribution in [3.63, 3.8) is 0 Å². The van der Waals surface area contributed by atoms with Crippen LogP contribution in [0.25, 0.3) is 0 Å². The van der Waals surface area contributed by atoms with Crippen LogP contribution in [0, 0.1) is 0 Å². The quantitative estimate of drug-likeness (QED) is 0.388. The van der Waals surface area contributed by atoms with Crippen LogP contribution in [-0.2, 0) is 0 Å². The third-order valence-corrected chi connectivity index (χ3v) is 3.45. The van der Waals surface area contributed by atoms with Gasteiger partial charge in [0.1, 0.15) is 0 Å². The number of quaternary nitrogens is 1. The van der Waals surface area contributed by atoms with Crippen LogP contribution in [0.15, 0.2) is 11.6 Å². The summed E-state index contributed by atoms with van der Waals surface area (Å²) in [5, 5.41) is 2.43. The Hall–Kier alpha value is 0.180. The molecule has 0 amide bonds. The van der Waals surface area contributed by atoms with Gasteiger partial charge in [-0.3, -0.25) is 0 Å². The van der Waals surface area contributed by atoms with Crippen molar-refractivity contribution in [3.8, 4) is 0 Å². The summed E-state index contributed by atoms with van der Waals surface area (Å²) in [5.41, 5.74) is 1.44. The van der Waals surface area contributed by atoms with E-state index in [1.165, 1.54) is 82.9 Å². The first-order valence-corrected chi connectivity index (χ1v) is 8.22. The molecular weight excluding hydrogens is 298 g/mol. The van der Waals surface area contributed by atoms with Crippen LogP contribution < -0.4 is 22.3 Å². The molecule has 0 aromatic heterocycles. The van der Waals surface area contributed by atoms with Crippen molar-refractivity contribution < 1.29 is 22.3 Å². The van der Waals surface area contributed by atoms with E-state index in [0.29, 0.717) is 0 Å². The standard InChI is InChI=1S/C17H35N.BrH/c1-4-5-6-7-8-9-10-11-12-13-15-18-16-14-17(2)3;/h14,18H,4-13,15-16H2,1-3H3;1H. The normalized spacial score (nSPS) is 10.1. The predicted octanol–water partition coefficient (Wildman–Crippen LogP) is 1.44. The molecule has 0 rings (SSSR count). The Balaban J connectivity index is 0. The average Bonchev–Trinajstić information content (AvgIpc) is 2.34. The monoisotopic (exact) mass is 333 g/mol. The minimum absolute atomic E-state index is 0. The van der Waals surface area contributed by atoms with Crippen molar-refractivity contribution in [2.75, 3.05) is 13.1 Å². The Labute approximate surface area is 132 Å². The summed E-state index contributed by atoms with van der Waals surface area (Å²) in [7, 11) is 0. The first-order chi connectivity index (χ1) is 8.77. The Kier molecular flexibility index (Phi) is 20.6. The largest absolute Gasteiger partial charge is 1.00 e. The second-order valence-electron chi connectivity index (χ2n) is 5.78. The molecule has 0 bridgehead atoms. The van der Waals surface area contributed by atoms with Crippen molar-refractivity contribution in [1.82, 2.24) is 0 Å². The van der Waals surface area contributed by atoms with E-state index in [9.17, 15) is 0 Å². The molecule has 1 nitrogen and oxygen atoms in total. The molecule has 2 heteroatoms. The van der Waals surface area contributed by atoms with Crippen molar-refractivity contribution in [3.05, 3.63) is 11.6 Å². The zero-order chi connectivity index (χ0) is 13.5. The molecule has 0 radical (unpaired) electrons. The Morgan fingerprint density at radius 2 is 1.26 bits per heavy atom. The highest BCUT2D eigenvalue weighted by atomic mass is 79.9. The number of rotatable bonds is 13. The molecule has 0 spiro atoms. The maximum atomic E-state index is 2.43. The number of halogens is 1. The summed E-state index contributed by atoms with van der Waals surface area (Å²) in [4.78, 5) is 0. The Morgan fingerprint density at radius 1 is 0.789 bits per heavy atom. The molecule has 0 aliphatic carbocycles. The molecular formula is C17H36BrN. The second kappa shape index (κ2) is 18.2. The maximum Gasteiger partial charge on any atom is 0.0944 e. The van der Waals surface area contributed by atoms with Crippen molar-refractivity contribution in [2.45, 2.75) is 85.0 Å². The molecule has 0 aromatic rings. The first-order valence-electron chi connectivity index (χ1n) is 8.22. The molecule has 0 aliphatic heterocycles. The first kappa shape index (κ1) is 21.5. The maximum absolute atomic E-state index is 2.43. The number of hydrogen-bond acceptors (Lipinski definition) is 0. The van der Waals surface area contributed by atoms with Gasteiger partial charge in [-0.25, -0.2) is 0 Å². The van der Waals surface area contributed by atoms with Gasteiger partial charge in [0.05, 0.1) is 13.1 Å². The molecule has 0 saturated carbocycles. The van der Waals surface area contributed by atoms with Crippen LogP contribution in [0.5, 0.6) is 0 Å². The fraction of sp³-hybridized carbons (Fsp3) is 0.882. The molecule has 0 aliphatic rings. The van der Waals surface area contributed by atoms with Gasteiger partial charge >= 0.3 is 0 Å². The lowest BCUT2D eigenvalue weighted by molar-refractivity contribution is -0.646. The lowest BCUT2D eigenvalue weighted by atomic mass is 10.1. The minimum Gasteiger partial charge on any atom is -1.00 e.